The Morgan fingerprint density at radius 2 is 1.92 bits per heavy atom. The van der Waals surface area contributed by atoms with Crippen molar-refractivity contribution >= 4 is 30.1 Å². The van der Waals surface area contributed by atoms with Gasteiger partial charge in [0, 0.05) is 6.04 Å². The SMILES string of the molecule is C=CC1=CCCC=C1.CN1CCCC[C@H]1/C=C/c1ccccc1.I. The number of likely N-dealkylation sites (N-methyl/N-ethyl adjacent to an activating group) is 1. The van der Waals surface area contributed by atoms with Crippen molar-refractivity contribution in [3.8, 4) is 0 Å². The Hall–Kier alpha value is -1.13. The quantitative estimate of drug-likeness (QED) is 0.508. The normalized spacial score (nSPS) is 20.5. The molecule has 0 unspecified atom stereocenters. The van der Waals surface area contributed by atoms with Gasteiger partial charge in [0.2, 0.25) is 0 Å². The zero-order valence-corrected chi connectivity index (χ0v) is 17.1. The van der Waals surface area contributed by atoms with E-state index in [-0.39, 0.29) is 24.0 Å². The molecule has 0 radical (unpaired) electrons. The van der Waals surface area contributed by atoms with Crippen LogP contribution in [0.25, 0.3) is 6.08 Å². The van der Waals surface area contributed by atoms with Crippen molar-refractivity contribution in [3.05, 3.63) is 78.4 Å². The van der Waals surface area contributed by atoms with Gasteiger partial charge < -0.3 is 0 Å². The number of hydrogen-bond donors (Lipinski definition) is 0. The Morgan fingerprint density at radius 1 is 1.12 bits per heavy atom. The van der Waals surface area contributed by atoms with Crippen molar-refractivity contribution in [2.75, 3.05) is 13.6 Å². The number of likely N-dealkylation sites (tertiary alicyclic amines) is 1. The summed E-state index contributed by atoms with van der Waals surface area (Å²) in [5.41, 5.74) is 2.56. The van der Waals surface area contributed by atoms with E-state index in [1.807, 2.05) is 6.08 Å². The van der Waals surface area contributed by atoms with Gasteiger partial charge in [0.05, 0.1) is 0 Å². The van der Waals surface area contributed by atoms with Crippen LogP contribution in [-0.2, 0) is 0 Å². The first-order valence-electron chi connectivity index (χ1n) is 8.72. The summed E-state index contributed by atoms with van der Waals surface area (Å²) in [6.45, 7) is 4.90. The summed E-state index contributed by atoms with van der Waals surface area (Å²) in [4.78, 5) is 2.45. The number of benzene rings is 1. The minimum atomic E-state index is 0. The zero-order chi connectivity index (χ0) is 16.3. The van der Waals surface area contributed by atoms with Gasteiger partial charge >= 0.3 is 0 Å². The highest BCUT2D eigenvalue weighted by molar-refractivity contribution is 14.0. The summed E-state index contributed by atoms with van der Waals surface area (Å²) in [5, 5.41) is 0. The lowest BCUT2D eigenvalue weighted by Crippen LogP contribution is -2.34. The lowest BCUT2D eigenvalue weighted by Gasteiger charge is -2.30. The maximum Gasteiger partial charge on any atom is 0.0278 e. The minimum absolute atomic E-state index is 0. The summed E-state index contributed by atoms with van der Waals surface area (Å²) in [6, 6.07) is 11.2. The molecule has 1 saturated heterocycles. The summed E-state index contributed by atoms with van der Waals surface area (Å²) in [6.07, 6.45) is 19.4. The van der Waals surface area contributed by atoms with Crippen LogP contribution in [-0.4, -0.2) is 24.5 Å². The number of nitrogens with zero attached hydrogens (tertiary/aromatic N) is 1. The molecule has 1 aromatic carbocycles. The molecule has 1 aliphatic carbocycles. The molecule has 0 bridgehead atoms. The second kappa shape index (κ2) is 12.3. The van der Waals surface area contributed by atoms with Gasteiger partial charge in [0.15, 0.2) is 0 Å². The highest BCUT2D eigenvalue weighted by Gasteiger charge is 2.15. The molecule has 0 N–H and O–H groups in total. The minimum Gasteiger partial charge on any atom is -0.300 e. The summed E-state index contributed by atoms with van der Waals surface area (Å²) in [7, 11) is 2.22. The molecule has 0 amide bonds. The van der Waals surface area contributed by atoms with Gasteiger partial charge in [0.1, 0.15) is 0 Å². The van der Waals surface area contributed by atoms with E-state index in [0.29, 0.717) is 6.04 Å². The molecule has 0 saturated carbocycles. The first kappa shape index (κ1) is 20.9. The van der Waals surface area contributed by atoms with Crippen molar-refractivity contribution in [1.29, 1.82) is 0 Å². The van der Waals surface area contributed by atoms with Crippen LogP contribution in [0.3, 0.4) is 0 Å². The molecular formula is C22H30IN. The number of piperidine rings is 1. The lowest BCUT2D eigenvalue weighted by atomic mass is 10.0. The summed E-state index contributed by atoms with van der Waals surface area (Å²) in [5.74, 6) is 0. The van der Waals surface area contributed by atoms with E-state index in [1.54, 1.807) is 0 Å². The van der Waals surface area contributed by atoms with Crippen molar-refractivity contribution in [1.82, 2.24) is 4.90 Å². The molecular weight excluding hydrogens is 405 g/mol. The maximum absolute atomic E-state index is 3.66. The second-order valence-electron chi connectivity index (χ2n) is 6.20. The maximum atomic E-state index is 3.66. The van der Waals surface area contributed by atoms with Crippen LogP contribution in [0.15, 0.2) is 72.9 Å². The molecule has 2 aliphatic rings. The second-order valence-corrected chi connectivity index (χ2v) is 6.20. The van der Waals surface area contributed by atoms with Crippen LogP contribution in [0.5, 0.6) is 0 Å². The smallest absolute Gasteiger partial charge is 0.0278 e. The first-order chi connectivity index (χ1) is 11.3. The van der Waals surface area contributed by atoms with E-state index < -0.39 is 0 Å². The molecule has 1 aliphatic heterocycles. The van der Waals surface area contributed by atoms with Gasteiger partial charge in [-0.25, -0.2) is 0 Å². The van der Waals surface area contributed by atoms with Crippen LogP contribution >= 0.6 is 24.0 Å². The summed E-state index contributed by atoms with van der Waals surface area (Å²) < 4.78 is 0. The molecule has 1 nitrogen and oxygen atoms in total. The van der Waals surface area contributed by atoms with E-state index in [9.17, 15) is 0 Å². The largest absolute Gasteiger partial charge is 0.300 e. The Balaban J connectivity index is 0.000000273. The molecule has 1 atom stereocenters. The molecule has 3 rings (SSSR count). The Morgan fingerprint density at radius 3 is 2.50 bits per heavy atom. The third-order valence-corrected chi connectivity index (χ3v) is 4.40. The van der Waals surface area contributed by atoms with Crippen molar-refractivity contribution in [2.24, 2.45) is 0 Å². The molecule has 1 heterocycles. The lowest BCUT2D eigenvalue weighted by molar-refractivity contribution is 0.222. The van der Waals surface area contributed by atoms with Crippen LogP contribution in [0.4, 0.5) is 0 Å². The predicted molar refractivity (Wildman–Crippen MR) is 118 cm³/mol. The van der Waals surface area contributed by atoms with Crippen molar-refractivity contribution in [3.63, 3.8) is 0 Å². The van der Waals surface area contributed by atoms with E-state index in [1.165, 1.54) is 49.8 Å². The number of hydrogen-bond acceptors (Lipinski definition) is 1. The predicted octanol–water partition coefficient (Wildman–Crippen LogP) is 6.25. The topological polar surface area (TPSA) is 3.24 Å². The summed E-state index contributed by atoms with van der Waals surface area (Å²) >= 11 is 0. The molecule has 0 aromatic heterocycles. The standard InChI is InChI=1S/C14H19N.C8H10.HI/c1-15-12-6-5-9-14(15)11-10-13-7-3-2-4-8-13;1-2-8-6-4-3-5-7-8;/h2-4,7-8,10-11,14H,5-6,9,12H2,1H3;2,4,6-7H,1,3,5H2;1H/b11-10+;;/t14-;;/m0../s1. The molecule has 2 heteroatoms. The highest BCUT2D eigenvalue weighted by Crippen LogP contribution is 2.17. The fraction of sp³-hybridized carbons (Fsp3) is 0.364. The van der Waals surface area contributed by atoms with Gasteiger partial charge in [-0.3, -0.25) is 4.90 Å². The van der Waals surface area contributed by atoms with E-state index in [4.69, 9.17) is 0 Å². The van der Waals surface area contributed by atoms with Gasteiger partial charge in [-0.1, -0.05) is 79.8 Å². The van der Waals surface area contributed by atoms with Gasteiger partial charge in [0.25, 0.3) is 0 Å². The number of allylic oxidation sites excluding steroid dienone is 5. The third-order valence-electron chi connectivity index (χ3n) is 4.40. The fourth-order valence-electron chi connectivity index (χ4n) is 2.92. The Kier molecular flexibility index (Phi) is 10.7. The highest BCUT2D eigenvalue weighted by atomic mass is 127. The zero-order valence-electron chi connectivity index (χ0n) is 14.7. The van der Waals surface area contributed by atoms with E-state index >= 15 is 0 Å². The number of halogens is 1. The monoisotopic (exact) mass is 435 g/mol. The molecule has 1 fully saturated rings. The molecule has 24 heavy (non-hydrogen) atoms. The van der Waals surface area contributed by atoms with Crippen molar-refractivity contribution in [2.45, 2.75) is 38.1 Å². The Bertz CT molecular complexity index is 557. The van der Waals surface area contributed by atoms with Gasteiger partial charge in [-0.15, -0.1) is 24.0 Å². The van der Waals surface area contributed by atoms with Crippen molar-refractivity contribution < 1.29 is 0 Å². The van der Waals surface area contributed by atoms with E-state index in [2.05, 4.69) is 79.2 Å². The van der Waals surface area contributed by atoms with Gasteiger partial charge in [-0.05, 0) is 50.4 Å². The average molecular weight is 435 g/mol. The molecule has 0 spiro atoms. The third kappa shape index (κ3) is 7.63. The molecule has 130 valence electrons. The first-order valence-corrected chi connectivity index (χ1v) is 8.72. The van der Waals surface area contributed by atoms with Crippen LogP contribution in [0.1, 0.15) is 37.7 Å². The van der Waals surface area contributed by atoms with Crippen LogP contribution in [0.2, 0.25) is 0 Å². The fourth-order valence-corrected chi connectivity index (χ4v) is 2.92. The Labute approximate surface area is 164 Å². The average Bonchev–Trinajstić information content (AvgIpc) is 2.63. The van der Waals surface area contributed by atoms with Crippen LogP contribution in [0, 0.1) is 0 Å². The van der Waals surface area contributed by atoms with E-state index in [0.717, 1.165) is 0 Å². The molecule has 1 aromatic rings. The number of rotatable bonds is 3. The van der Waals surface area contributed by atoms with Crippen LogP contribution < -0.4 is 0 Å². The van der Waals surface area contributed by atoms with Gasteiger partial charge in [-0.2, -0.15) is 0 Å².